The van der Waals surface area contributed by atoms with E-state index in [0.717, 1.165) is 86.5 Å². The van der Waals surface area contributed by atoms with Crippen LogP contribution in [-0.2, 0) is 0 Å². The molecule has 12 aromatic rings. The van der Waals surface area contributed by atoms with Crippen molar-refractivity contribution < 1.29 is 4.42 Å². The third kappa shape index (κ3) is 5.19. The Balaban J connectivity index is 1.10. The molecule has 5 heterocycles. The minimum Gasteiger partial charge on any atom is -0.456 e. The van der Waals surface area contributed by atoms with E-state index in [-0.39, 0.29) is 0 Å². The number of benzene rings is 7. The van der Waals surface area contributed by atoms with Gasteiger partial charge in [0.1, 0.15) is 11.2 Å². The maximum Gasteiger partial charge on any atom is 0.164 e. The van der Waals surface area contributed by atoms with E-state index < -0.39 is 0 Å². The molecule has 0 saturated heterocycles. The molecule has 0 atom stereocenters. The van der Waals surface area contributed by atoms with E-state index in [1.807, 2.05) is 78.9 Å². The molecule has 0 saturated carbocycles. The zero-order valence-corrected chi connectivity index (χ0v) is 31.7. The first kappa shape index (κ1) is 32.1. The second kappa shape index (κ2) is 12.7. The molecule has 0 bridgehead atoms. The Morgan fingerprint density at radius 1 is 0.368 bits per heavy atom. The van der Waals surface area contributed by atoms with Gasteiger partial charge in [0.2, 0.25) is 0 Å². The Labute approximate surface area is 333 Å². The van der Waals surface area contributed by atoms with Crippen LogP contribution in [0.4, 0.5) is 0 Å². The predicted molar refractivity (Wildman–Crippen MR) is 236 cm³/mol. The van der Waals surface area contributed by atoms with Gasteiger partial charge in [-0.25, -0.2) is 24.9 Å². The molecule has 0 fully saturated rings. The normalized spacial score (nSPS) is 11.9. The smallest absolute Gasteiger partial charge is 0.164 e. The highest BCUT2D eigenvalue weighted by atomic mass is 32.1. The molecule has 0 aliphatic heterocycles. The van der Waals surface area contributed by atoms with Gasteiger partial charge in [-0.15, -0.1) is 22.7 Å². The average Bonchev–Trinajstić information content (AvgIpc) is 3.97. The maximum atomic E-state index is 6.29. The molecule has 0 unspecified atom stereocenters. The second-order valence-electron chi connectivity index (χ2n) is 14.0. The fourth-order valence-corrected chi connectivity index (χ4v) is 10.2. The van der Waals surface area contributed by atoms with Crippen molar-refractivity contribution >= 4 is 85.1 Å². The van der Waals surface area contributed by atoms with Crippen molar-refractivity contribution in [3.05, 3.63) is 164 Å². The van der Waals surface area contributed by atoms with Gasteiger partial charge < -0.3 is 4.42 Å². The lowest BCUT2D eigenvalue weighted by Crippen LogP contribution is -2.00. The van der Waals surface area contributed by atoms with Crippen LogP contribution in [0.1, 0.15) is 0 Å². The third-order valence-corrected chi connectivity index (χ3v) is 12.9. The Morgan fingerprint density at radius 2 is 0.965 bits per heavy atom. The van der Waals surface area contributed by atoms with Crippen LogP contribution in [0.25, 0.3) is 119 Å². The molecular weight excluding hydrogens is 739 g/mol. The van der Waals surface area contributed by atoms with Crippen LogP contribution in [0.15, 0.2) is 168 Å². The first-order chi connectivity index (χ1) is 28.2. The summed E-state index contributed by atoms with van der Waals surface area (Å²) in [4.78, 5) is 26.0. The van der Waals surface area contributed by atoms with Crippen LogP contribution in [0.2, 0.25) is 0 Å². The van der Waals surface area contributed by atoms with E-state index in [4.69, 9.17) is 29.3 Å². The van der Waals surface area contributed by atoms with Crippen LogP contribution in [0, 0.1) is 0 Å². The van der Waals surface area contributed by atoms with Crippen molar-refractivity contribution in [1.82, 2.24) is 24.9 Å². The molecule has 57 heavy (non-hydrogen) atoms. The highest BCUT2D eigenvalue weighted by molar-refractivity contribution is 7.26. The molecule has 6 nitrogen and oxygen atoms in total. The number of para-hydroxylation sites is 1. The molecule has 8 heteroatoms. The lowest BCUT2D eigenvalue weighted by molar-refractivity contribution is 0.669. The van der Waals surface area contributed by atoms with E-state index in [1.54, 1.807) is 22.7 Å². The number of rotatable bonds is 5. The number of thiophene rings is 2. The average molecular weight is 766 g/mol. The Hall–Kier alpha value is -7.13. The summed E-state index contributed by atoms with van der Waals surface area (Å²) in [5.41, 5.74) is 8.30. The van der Waals surface area contributed by atoms with Crippen LogP contribution in [0.5, 0.6) is 0 Å². The van der Waals surface area contributed by atoms with Crippen LogP contribution in [-0.4, -0.2) is 24.9 Å². The van der Waals surface area contributed by atoms with Crippen molar-refractivity contribution in [2.75, 3.05) is 0 Å². The number of hydrogen-bond donors (Lipinski definition) is 0. The fraction of sp³-hybridized carbons (Fsp3) is 0. The monoisotopic (exact) mass is 765 g/mol. The fourth-order valence-electron chi connectivity index (χ4n) is 7.96. The van der Waals surface area contributed by atoms with Crippen LogP contribution in [0.3, 0.4) is 0 Å². The van der Waals surface area contributed by atoms with E-state index >= 15 is 0 Å². The van der Waals surface area contributed by atoms with Gasteiger partial charge in [-0.2, -0.15) is 0 Å². The van der Waals surface area contributed by atoms with Gasteiger partial charge in [0.25, 0.3) is 0 Å². The topological polar surface area (TPSA) is 77.6 Å². The second-order valence-corrected chi connectivity index (χ2v) is 16.1. The van der Waals surface area contributed by atoms with Gasteiger partial charge in [0.15, 0.2) is 23.3 Å². The summed E-state index contributed by atoms with van der Waals surface area (Å²) in [7, 11) is 0. The summed E-state index contributed by atoms with van der Waals surface area (Å²) < 4.78 is 10.9. The molecule has 12 rings (SSSR count). The van der Waals surface area contributed by atoms with E-state index in [2.05, 4.69) is 84.9 Å². The maximum absolute atomic E-state index is 6.29. The lowest BCUT2D eigenvalue weighted by Gasteiger charge is -2.10. The summed E-state index contributed by atoms with van der Waals surface area (Å²) in [5, 5.41) is 5.38. The number of furan rings is 1. The number of hydrogen-bond acceptors (Lipinski definition) is 8. The molecule has 0 aliphatic carbocycles. The molecule has 0 radical (unpaired) electrons. The molecular formula is C49H27N5OS2. The summed E-state index contributed by atoms with van der Waals surface area (Å²) in [5.74, 6) is 2.53. The van der Waals surface area contributed by atoms with Crippen molar-refractivity contribution in [2.24, 2.45) is 0 Å². The first-order valence-corrected chi connectivity index (χ1v) is 20.3. The van der Waals surface area contributed by atoms with E-state index in [0.29, 0.717) is 23.3 Å². The quantitative estimate of drug-likeness (QED) is 0.174. The van der Waals surface area contributed by atoms with Crippen molar-refractivity contribution in [3.8, 4) is 56.8 Å². The minimum atomic E-state index is 0.592. The zero-order valence-electron chi connectivity index (χ0n) is 30.0. The molecule has 7 aromatic carbocycles. The molecule has 0 aliphatic rings. The summed E-state index contributed by atoms with van der Waals surface area (Å²) in [6.45, 7) is 0. The minimum absolute atomic E-state index is 0.592. The number of nitrogens with zero attached hydrogens (tertiary/aromatic N) is 5. The standard InChI is InChI=1S/C49H27N5OS2/c1-3-13-28(14-4-1)46-50-43(45-44(51-46)32-18-8-10-23-38(32)57-45)30-25-26-39-35(27-30)42-34(20-12-24-40(42)56-39)49-53-47(29-15-5-2-6-16-29)52-48(54-49)33-19-11-22-37-41(33)31-17-7-9-21-36(31)55-37/h1-27H. The van der Waals surface area contributed by atoms with Crippen molar-refractivity contribution in [3.63, 3.8) is 0 Å². The molecule has 0 N–H and O–H groups in total. The van der Waals surface area contributed by atoms with Gasteiger partial charge in [-0.1, -0.05) is 127 Å². The largest absolute Gasteiger partial charge is 0.456 e. The van der Waals surface area contributed by atoms with Crippen molar-refractivity contribution in [1.29, 1.82) is 0 Å². The highest BCUT2D eigenvalue weighted by Gasteiger charge is 2.22. The van der Waals surface area contributed by atoms with Gasteiger partial charge in [0.05, 0.1) is 15.9 Å². The Bertz CT molecular complexity index is 3540. The van der Waals surface area contributed by atoms with Crippen LogP contribution < -0.4 is 0 Å². The predicted octanol–water partition coefficient (Wildman–Crippen LogP) is 13.6. The Morgan fingerprint density at radius 3 is 1.75 bits per heavy atom. The zero-order chi connectivity index (χ0) is 37.5. The highest BCUT2D eigenvalue weighted by Crippen LogP contribution is 2.44. The SMILES string of the molecule is c1ccc(-c2nc(-c3cccc4oc5ccccc5c34)nc(-c3cccc4sc5ccc(-c6nc(-c7ccccc7)nc7c6sc6ccccc67)cc5c34)n2)cc1. The van der Waals surface area contributed by atoms with E-state index in [9.17, 15) is 0 Å². The van der Waals surface area contributed by atoms with Gasteiger partial charge in [-0.3, -0.25) is 0 Å². The molecule has 0 amide bonds. The summed E-state index contributed by atoms with van der Waals surface area (Å²) in [6, 6.07) is 56.2. The van der Waals surface area contributed by atoms with E-state index in [1.165, 1.54) is 9.40 Å². The molecule has 0 spiro atoms. The third-order valence-electron chi connectivity index (χ3n) is 10.6. The lowest BCUT2D eigenvalue weighted by atomic mass is 10.0. The van der Waals surface area contributed by atoms with Crippen LogP contribution >= 0.6 is 22.7 Å². The number of fused-ring (bicyclic) bond motifs is 9. The summed E-state index contributed by atoms with van der Waals surface area (Å²) >= 11 is 3.52. The van der Waals surface area contributed by atoms with Gasteiger partial charge >= 0.3 is 0 Å². The van der Waals surface area contributed by atoms with Gasteiger partial charge in [-0.05, 0) is 36.4 Å². The first-order valence-electron chi connectivity index (χ1n) is 18.7. The summed E-state index contributed by atoms with van der Waals surface area (Å²) in [6.07, 6.45) is 0. The number of aromatic nitrogens is 5. The van der Waals surface area contributed by atoms with Gasteiger partial charge in [0, 0.05) is 68.8 Å². The van der Waals surface area contributed by atoms with Crippen molar-refractivity contribution in [2.45, 2.75) is 0 Å². The molecule has 5 aromatic heterocycles. The Kier molecular flexibility index (Phi) is 7.17. The molecule has 266 valence electrons.